The van der Waals surface area contributed by atoms with Crippen molar-refractivity contribution in [2.45, 2.75) is 81.6 Å². The lowest BCUT2D eigenvalue weighted by molar-refractivity contribution is 0.924. The number of pyridine rings is 1. The van der Waals surface area contributed by atoms with Crippen LogP contribution in [0, 0.1) is 13.8 Å². The molecule has 1 heterocycles. The molecule has 2 aromatic carbocycles. The predicted molar refractivity (Wildman–Crippen MR) is 129 cm³/mol. The van der Waals surface area contributed by atoms with Crippen LogP contribution in [0.25, 0.3) is 22.0 Å². The van der Waals surface area contributed by atoms with Gasteiger partial charge in [0.05, 0.1) is 5.69 Å². The molecule has 0 saturated carbocycles. The minimum absolute atomic E-state index is 1.09. The van der Waals surface area contributed by atoms with Crippen LogP contribution in [0.3, 0.4) is 0 Å². The molecule has 0 spiro atoms. The molecule has 0 amide bonds. The van der Waals surface area contributed by atoms with E-state index < -0.39 is 0 Å². The quantitative estimate of drug-likeness (QED) is 0.442. The summed E-state index contributed by atoms with van der Waals surface area (Å²) in [5.74, 6) is 0. The molecule has 0 aliphatic rings. The normalized spacial score (nSPS) is 9.32. The van der Waals surface area contributed by atoms with Crippen LogP contribution in [0.1, 0.15) is 78.0 Å². The summed E-state index contributed by atoms with van der Waals surface area (Å²) in [5, 5.41) is 2.59. The Labute approximate surface area is 174 Å². The molecule has 0 fully saturated rings. The van der Waals surface area contributed by atoms with Gasteiger partial charge >= 0.3 is 0 Å². The van der Waals surface area contributed by atoms with Crippen molar-refractivity contribution in [1.82, 2.24) is 4.98 Å². The highest BCUT2D eigenvalue weighted by Gasteiger charge is 2.11. The summed E-state index contributed by atoms with van der Waals surface area (Å²) in [7, 11) is 0. The Morgan fingerprint density at radius 1 is 0.786 bits per heavy atom. The first kappa shape index (κ1) is 25.9. The first-order chi connectivity index (χ1) is 13.6. The first-order valence-corrected chi connectivity index (χ1v) is 11.1. The Bertz CT molecular complexity index is 802. The van der Waals surface area contributed by atoms with Crippen LogP contribution >= 0.6 is 0 Å². The molecule has 1 nitrogen and oxygen atoms in total. The largest absolute Gasteiger partial charge is 0.256 e. The highest BCUT2D eigenvalue weighted by Crippen LogP contribution is 2.32. The summed E-state index contributed by atoms with van der Waals surface area (Å²) < 4.78 is 0. The molecule has 0 atom stereocenters. The molecule has 3 aromatic rings. The van der Waals surface area contributed by atoms with E-state index in [1.54, 1.807) is 0 Å². The van der Waals surface area contributed by atoms with Gasteiger partial charge in [0.1, 0.15) is 0 Å². The molecule has 0 aliphatic carbocycles. The minimum atomic E-state index is 1.09. The Morgan fingerprint density at radius 2 is 1.39 bits per heavy atom. The third kappa shape index (κ3) is 7.11. The molecule has 0 unspecified atom stereocenters. The molecule has 3 rings (SSSR count). The summed E-state index contributed by atoms with van der Waals surface area (Å²) >= 11 is 0. The van der Waals surface area contributed by atoms with E-state index in [2.05, 4.69) is 77.1 Å². The maximum Gasteiger partial charge on any atom is 0.0713 e. The van der Waals surface area contributed by atoms with Crippen LogP contribution < -0.4 is 0 Å². The average molecular weight is 380 g/mol. The second-order valence-corrected chi connectivity index (χ2v) is 6.43. The SMILES string of the molecule is CC.CC.CCC.CCCc1ccc2ccccc2c1-c1cc(C)c(C)cn1. The van der Waals surface area contributed by atoms with Crippen LogP contribution in [0.5, 0.6) is 0 Å². The fourth-order valence-electron chi connectivity index (χ4n) is 2.86. The fourth-order valence-corrected chi connectivity index (χ4v) is 2.86. The predicted octanol–water partition coefficient (Wildman–Crippen LogP) is 8.94. The molecular formula is C27H41N. The molecule has 1 aromatic heterocycles. The van der Waals surface area contributed by atoms with Gasteiger partial charge in [0, 0.05) is 11.8 Å². The van der Waals surface area contributed by atoms with Crippen molar-refractivity contribution in [3.05, 3.63) is 65.4 Å². The number of nitrogens with zero attached hydrogens (tertiary/aromatic N) is 1. The monoisotopic (exact) mass is 379 g/mol. The summed E-state index contributed by atoms with van der Waals surface area (Å²) in [6, 6.07) is 15.3. The first-order valence-electron chi connectivity index (χ1n) is 11.1. The topological polar surface area (TPSA) is 12.9 Å². The van der Waals surface area contributed by atoms with Crippen LogP contribution in [-0.4, -0.2) is 4.98 Å². The molecule has 1 heteroatoms. The lowest BCUT2D eigenvalue weighted by atomic mass is 9.93. The van der Waals surface area contributed by atoms with Crippen molar-refractivity contribution >= 4 is 10.8 Å². The highest BCUT2D eigenvalue weighted by molar-refractivity contribution is 5.97. The van der Waals surface area contributed by atoms with Crippen LogP contribution in [0.15, 0.2) is 48.7 Å². The second kappa shape index (κ2) is 14.9. The summed E-state index contributed by atoms with van der Waals surface area (Å²) in [4.78, 5) is 4.70. The number of fused-ring (bicyclic) bond motifs is 1. The van der Waals surface area contributed by atoms with E-state index in [0.717, 1.165) is 18.5 Å². The van der Waals surface area contributed by atoms with E-state index in [0.29, 0.717) is 0 Å². The zero-order valence-corrected chi connectivity index (χ0v) is 19.7. The van der Waals surface area contributed by atoms with E-state index in [1.165, 1.54) is 39.4 Å². The van der Waals surface area contributed by atoms with Crippen LogP contribution in [0.2, 0.25) is 0 Å². The standard InChI is InChI=1S/C20H21N.C3H8.2C2H6/c1-4-7-17-11-10-16-8-5-6-9-18(16)20(17)19-12-14(2)15(3)13-21-19;1-3-2;2*1-2/h5-6,8-13H,4,7H2,1-3H3;3H2,1-2H3;2*1-2H3. The van der Waals surface area contributed by atoms with E-state index in [4.69, 9.17) is 4.98 Å². The highest BCUT2D eigenvalue weighted by atomic mass is 14.7. The van der Waals surface area contributed by atoms with Crippen molar-refractivity contribution in [2.24, 2.45) is 0 Å². The lowest BCUT2D eigenvalue weighted by Crippen LogP contribution is -1.95. The number of benzene rings is 2. The second-order valence-electron chi connectivity index (χ2n) is 6.43. The Morgan fingerprint density at radius 3 is 1.96 bits per heavy atom. The molecule has 0 radical (unpaired) electrons. The van der Waals surface area contributed by atoms with Gasteiger partial charge in [-0.15, -0.1) is 0 Å². The molecule has 154 valence electrons. The summed E-state index contributed by atoms with van der Waals surface area (Å²) in [5.41, 5.74) is 6.34. The average Bonchev–Trinajstić information content (AvgIpc) is 2.74. The lowest BCUT2D eigenvalue weighted by Gasteiger charge is -2.13. The van der Waals surface area contributed by atoms with Crippen molar-refractivity contribution in [1.29, 1.82) is 0 Å². The third-order valence-electron chi connectivity index (χ3n) is 4.16. The zero-order valence-electron chi connectivity index (χ0n) is 19.7. The Balaban J connectivity index is 0.000000930. The van der Waals surface area contributed by atoms with Crippen molar-refractivity contribution in [2.75, 3.05) is 0 Å². The Kier molecular flexibility index (Phi) is 13.7. The molecule has 0 bridgehead atoms. The molecular weight excluding hydrogens is 338 g/mol. The maximum atomic E-state index is 4.70. The van der Waals surface area contributed by atoms with Gasteiger partial charge < -0.3 is 0 Å². The number of aryl methyl sites for hydroxylation is 3. The number of aromatic nitrogens is 1. The smallest absolute Gasteiger partial charge is 0.0713 e. The summed E-state index contributed by atoms with van der Waals surface area (Å²) in [6.07, 6.45) is 5.48. The number of rotatable bonds is 3. The van der Waals surface area contributed by atoms with E-state index in [9.17, 15) is 0 Å². The fraction of sp³-hybridized carbons (Fsp3) is 0.444. The van der Waals surface area contributed by atoms with Gasteiger partial charge in [0.2, 0.25) is 0 Å². The molecule has 0 N–H and O–H groups in total. The van der Waals surface area contributed by atoms with Gasteiger partial charge in [-0.25, -0.2) is 0 Å². The van der Waals surface area contributed by atoms with Crippen molar-refractivity contribution < 1.29 is 0 Å². The Hall–Kier alpha value is -2.15. The van der Waals surface area contributed by atoms with Gasteiger partial charge in [-0.05, 0) is 53.8 Å². The van der Waals surface area contributed by atoms with Gasteiger partial charge in [-0.2, -0.15) is 0 Å². The van der Waals surface area contributed by atoms with Crippen LogP contribution in [0.4, 0.5) is 0 Å². The van der Waals surface area contributed by atoms with Gasteiger partial charge in [-0.1, -0.05) is 97.7 Å². The van der Waals surface area contributed by atoms with Gasteiger partial charge in [0.15, 0.2) is 0 Å². The molecule has 0 saturated heterocycles. The minimum Gasteiger partial charge on any atom is -0.256 e. The van der Waals surface area contributed by atoms with E-state index >= 15 is 0 Å². The maximum absolute atomic E-state index is 4.70. The van der Waals surface area contributed by atoms with Gasteiger partial charge in [0.25, 0.3) is 0 Å². The van der Waals surface area contributed by atoms with E-state index in [-0.39, 0.29) is 0 Å². The van der Waals surface area contributed by atoms with E-state index in [1.807, 2.05) is 33.9 Å². The molecule has 28 heavy (non-hydrogen) atoms. The third-order valence-corrected chi connectivity index (χ3v) is 4.16. The molecule has 0 aliphatic heterocycles. The summed E-state index contributed by atoms with van der Waals surface area (Å²) in [6.45, 7) is 18.8. The van der Waals surface area contributed by atoms with Gasteiger partial charge in [-0.3, -0.25) is 4.98 Å². The number of hydrogen-bond acceptors (Lipinski definition) is 1. The van der Waals surface area contributed by atoms with Crippen LogP contribution in [-0.2, 0) is 6.42 Å². The zero-order chi connectivity index (χ0) is 21.5. The van der Waals surface area contributed by atoms with Crippen molar-refractivity contribution in [3.63, 3.8) is 0 Å². The van der Waals surface area contributed by atoms with Crippen molar-refractivity contribution in [3.8, 4) is 11.3 Å². The number of hydrogen-bond donors (Lipinski definition) is 0.